The van der Waals surface area contributed by atoms with Crippen LogP contribution >= 0.6 is 0 Å². The summed E-state index contributed by atoms with van der Waals surface area (Å²) in [5.74, 6) is 0.719. The standard InChI is InChI=1S/C23H26N4O4/c1-14(2)30-21-11-16(31-26-21)7-8-22(28)27-10-9-15(13-27)20-12-18(23(24)29)17-5-3-4-6-19(17)25-20/h3-6,11-12,14-15H,7-10,13H2,1-2H3,(H2,24,29). The predicted molar refractivity (Wildman–Crippen MR) is 115 cm³/mol. The zero-order chi connectivity index (χ0) is 22.0. The van der Waals surface area contributed by atoms with Gasteiger partial charge < -0.3 is 19.9 Å². The van der Waals surface area contributed by atoms with Gasteiger partial charge in [0.05, 0.1) is 17.2 Å². The first-order valence-corrected chi connectivity index (χ1v) is 10.5. The molecule has 1 fully saturated rings. The Balaban J connectivity index is 1.40. The third-order valence-electron chi connectivity index (χ3n) is 5.44. The van der Waals surface area contributed by atoms with E-state index in [4.69, 9.17) is 20.0 Å². The number of likely N-dealkylation sites (tertiary alicyclic amines) is 1. The first kappa shape index (κ1) is 20.8. The van der Waals surface area contributed by atoms with Gasteiger partial charge in [0, 0.05) is 49.0 Å². The molecule has 1 aliphatic rings. The van der Waals surface area contributed by atoms with Gasteiger partial charge in [-0.05, 0) is 37.6 Å². The zero-order valence-corrected chi connectivity index (χ0v) is 17.7. The number of pyridine rings is 1. The quantitative estimate of drug-likeness (QED) is 0.626. The van der Waals surface area contributed by atoms with Crippen molar-refractivity contribution in [3.63, 3.8) is 0 Å². The summed E-state index contributed by atoms with van der Waals surface area (Å²) in [5.41, 5.74) is 7.60. The van der Waals surface area contributed by atoms with E-state index in [0.717, 1.165) is 23.0 Å². The van der Waals surface area contributed by atoms with Gasteiger partial charge in [-0.2, -0.15) is 0 Å². The molecule has 0 saturated carbocycles. The van der Waals surface area contributed by atoms with Gasteiger partial charge in [0.15, 0.2) is 0 Å². The fourth-order valence-electron chi connectivity index (χ4n) is 3.93. The highest BCUT2D eigenvalue weighted by Gasteiger charge is 2.29. The smallest absolute Gasteiger partial charge is 0.254 e. The molecule has 2 aromatic heterocycles. The summed E-state index contributed by atoms with van der Waals surface area (Å²) in [6.45, 7) is 5.06. The Morgan fingerprint density at radius 3 is 2.87 bits per heavy atom. The molecule has 0 bridgehead atoms. The van der Waals surface area contributed by atoms with Crippen molar-refractivity contribution in [3.05, 3.63) is 53.4 Å². The third-order valence-corrected chi connectivity index (χ3v) is 5.44. The lowest BCUT2D eigenvalue weighted by Gasteiger charge is -2.17. The zero-order valence-electron chi connectivity index (χ0n) is 17.7. The number of hydrogen-bond acceptors (Lipinski definition) is 6. The molecule has 0 radical (unpaired) electrons. The highest BCUT2D eigenvalue weighted by atomic mass is 16.5. The first-order valence-electron chi connectivity index (χ1n) is 10.5. The van der Waals surface area contributed by atoms with Gasteiger partial charge in [-0.15, -0.1) is 0 Å². The molecule has 0 aliphatic carbocycles. The largest absolute Gasteiger partial charge is 0.473 e. The van der Waals surface area contributed by atoms with Crippen molar-refractivity contribution in [3.8, 4) is 5.88 Å². The third kappa shape index (κ3) is 4.68. The molecule has 8 heteroatoms. The van der Waals surface area contributed by atoms with Crippen molar-refractivity contribution >= 4 is 22.7 Å². The van der Waals surface area contributed by atoms with Crippen LogP contribution < -0.4 is 10.5 Å². The highest BCUT2D eigenvalue weighted by molar-refractivity contribution is 6.05. The van der Waals surface area contributed by atoms with Crippen molar-refractivity contribution in [1.82, 2.24) is 15.0 Å². The summed E-state index contributed by atoms with van der Waals surface area (Å²) >= 11 is 0. The van der Waals surface area contributed by atoms with Gasteiger partial charge in [0.25, 0.3) is 5.88 Å². The first-order chi connectivity index (χ1) is 14.9. The average molecular weight is 422 g/mol. The lowest BCUT2D eigenvalue weighted by molar-refractivity contribution is -0.130. The SMILES string of the molecule is CC(C)Oc1cc(CCC(=O)N2CCC(c3cc(C(N)=O)c4ccccc4n3)C2)on1. The van der Waals surface area contributed by atoms with Crippen molar-refractivity contribution < 1.29 is 18.8 Å². The number of primary amides is 1. The maximum atomic E-state index is 12.7. The van der Waals surface area contributed by atoms with Gasteiger partial charge in [0.2, 0.25) is 11.8 Å². The van der Waals surface area contributed by atoms with Gasteiger partial charge in [-0.1, -0.05) is 18.2 Å². The molecule has 4 rings (SSSR count). The van der Waals surface area contributed by atoms with E-state index in [1.807, 2.05) is 43.0 Å². The Morgan fingerprint density at radius 2 is 2.10 bits per heavy atom. The number of hydrogen-bond donors (Lipinski definition) is 1. The van der Waals surface area contributed by atoms with Gasteiger partial charge in [-0.3, -0.25) is 14.6 Å². The molecule has 8 nitrogen and oxygen atoms in total. The lowest BCUT2D eigenvalue weighted by Crippen LogP contribution is -2.28. The van der Waals surface area contributed by atoms with Crippen LogP contribution in [0.4, 0.5) is 0 Å². The van der Waals surface area contributed by atoms with Crippen LogP contribution in [0.25, 0.3) is 10.9 Å². The number of amides is 2. The van der Waals surface area contributed by atoms with E-state index in [0.29, 0.717) is 43.1 Å². The molecule has 2 amide bonds. The minimum Gasteiger partial charge on any atom is -0.473 e. The summed E-state index contributed by atoms with van der Waals surface area (Å²) in [4.78, 5) is 31.2. The number of nitrogens with two attached hydrogens (primary N) is 1. The number of aromatic nitrogens is 2. The second kappa shape index (κ2) is 8.75. The van der Waals surface area contributed by atoms with Crippen LogP contribution in [-0.2, 0) is 11.2 Å². The lowest BCUT2D eigenvalue weighted by atomic mass is 9.99. The Hall–Kier alpha value is -3.42. The minimum atomic E-state index is -0.473. The number of rotatable bonds is 7. The molecule has 162 valence electrons. The number of para-hydroxylation sites is 1. The molecular weight excluding hydrogens is 396 g/mol. The number of nitrogens with zero attached hydrogens (tertiary/aromatic N) is 3. The summed E-state index contributed by atoms with van der Waals surface area (Å²) in [7, 11) is 0. The second-order valence-corrected chi connectivity index (χ2v) is 8.10. The van der Waals surface area contributed by atoms with E-state index in [1.54, 1.807) is 12.1 Å². The van der Waals surface area contributed by atoms with Crippen molar-refractivity contribution in [1.29, 1.82) is 0 Å². The fraction of sp³-hybridized carbons (Fsp3) is 0.391. The molecule has 1 saturated heterocycles. The number of carbonyl (C=O) groups is 2. The Morgan fingerprint density at radius 1 is 1.29 bits per heavy atom. The molecule has 0 spiro atoms. The Labute approximate surface area is 180 Å². The van der Waals surface area contributed by atoms with Crippen molar-refractivity contribution in [2.24, 2.45) is 5.73 Å². The van der Waals surface area contributed by atoms with Crippen molar-refractivity contribution in [2.75, 3.05) is 13.1 Å². The molecule has 1 unspecified atom stereocenters. The van der Waals surface area contributed by atoms with Crippen LogP contribution in [0.1, 0.15) is 54.4 Å². The average Bonchev–Trinajstić information content (AvgIpc) is 3.40. The molecule has 3 aromatic rings. The monoisotopic (exact) mass is 422 g/mol. The molecule has 31 heavy (non-hydrogen) atoms. The number of fused-ring (bicyclic) bond motifs is 1. The van der Waals surface area contributed by atoms with Gasteiger partial charge >= 0.3 is 0 Å². The molecular formula is C23H26N4O4. The number of carbonyl (C=O) groups excluding carboxylic acids is 2. The molecule has 3 heterocycles. The van der Waals surface area contributed by atoms with Gasteiger partial charge in [-0.25, -0.2) is 0 Å². The van der Waals surface area contributed by atoms with E-state index >= 15 is 0 Å². The Bertz CT molecular complexity index is 1110. The molecule has 1 aliphatic heterocycles. The number of benzene rings is 1. The maximum Gasteiger partial charge on any atom is 0.254 e. The van der Waals surface area contributed by atoms with E-state index in [-0.39, 0.29) is 17.9 Å². The summed E-state index contributed by atoms with van der Waals surface area (Å²) in [5, 5.41) is 4.61. The van der Waals surface area contributed by atoms with Crippen LogP contribution in [0.15, 0.2) is 40.9 Å². The van der Waals surface area contributed by atoms with Crippen LogP contribution in [0.3, 0.4) is 0 Å². The van der Waals surface area contributed by atoms with Crippen LogP contribution in [0.5, 0.6) is 5.88 Å². The van der Waals surface area contributed by atoms with Crippen LogP contribution in [0, 0.1) is 0 Å². The number of aryl methyl sites for hydroxylation is 1. The Kier molecular flexibility index (Phi) is 5.88. The fourth-order valence-corrected chi connectivity index (χ4v) is 3.93. The summed E-state index contributed by atoms with van der Waals surface area (Å²) in [6, 6.07) is 11.0. The normalized spacial score (nSPS) is 16.2. The maximum absolute atomic E-state index is 12.7. The van der Waals surface area contributed by atoms with E-state index in [1.165, 1.54) is 0 Å². The topological polar surface area (TPSA) is 112 Å². The van der Waals surface area contributed by atoms with Crippen LogP contribution in [0.2, 0.25) is 0 Å². The van der Waals surface area contributed by atoms with Crippen molar-refractivity contribution in [2.45, 2.75) is 45.1 Å². The van der Waals surface area contributed by atoms with E-state index in [9.17, 15) is 9.59 Å². The van der Waals surface area contributed by atoms with Gasteiger partial charge in [0.1, 0.15) is 5.76 Å². The minimum absolute atomic E-state index is 0.0138. The number of ether oxygens (including phenoxy) is 1. The molecule has 2 N–H and O–H groups in total. The van der Waals surface area contributed by atoms with E-state index < -0.39 is 5.91 Å². The molecule has 1 atom stereocenters. The molecule has 1 aromatic carbocycles. The van der Waals surface area contributed by atoms with E-state index in [2.05, 4.69) is 5.16 Å². The highest BCUT2D eigenvalue weighted by Crippen LogP contribution is 2.29. The summed E-state index contributed by atoms with van der Waals surface area (Å²) in [6.07, 6.45) is 1.61. The summed E-state index contributed by atoms with van der Waals surface area (Å²) < 4.78 is 10.7. The van der Waals surface area contributed by atoms with Crippen LogP contribution in [-0.4, -0.2) is 46.0 Å². The second-order valence-electron chi connectivity index (χ2n) is 8.10. The predicted octanol–water partition coefficient (Wildman–Crippen LogP) is 3.06.